The molecule has 0 fully saturated rings. The lowest BCUT2D eigenvalue weighted by Crippen LogP contribution is -2.44. The van der Waals surface area contributed by atoms with Gasteiger partial charge in [0.2, 0.25) is 5.76 Å². The summed E-state index contributed by atoms with van der Waals surface area (Å²) in [6.07, 6.45) is -1.21. The van der Waals surface area contributed by atoms with Gasteiger partial charge in [-0.1, -0.05) is 48.5 Å². The Labute approximate surface area is 173 Å². The van der Waals surface area contributed by atoms with Crippen molar-refractivity contribution in [2.75, 3.05) is 7.11 Å². The van der Waals surface area contributed by atoms with Crippen molar-refractivity contribution < 1.29 is 28.3 Å². The molecule has 8 nitrogen and oxygen atoms in total. The second-order valence-electron chi connectivity index (χ2n) is 6.54. The van der Waals surface area contributed by atoms with E-state index in [1.165, 1.54) is 14.0 Å². The van der Waals surface area contributed by atoms with Crippen molar-refractivity contribution >= 4 is 28.9 Å². The number of benzene rings is 2. The van der Waals surface area contributed by atoms with Crippen LogP contribution in [0.4, 0.5) is 4.79 Å². The topological polar surface area (TPSA) is 107 Å². The van der Waals surface area contributed by atoms with E-state index in [2.05, 4.69) is 10.6 Å². The molecule has 30 heavy (non-hydrogen) atoms. The second-order valence-corrected chi connectivity index (χ2v) is 6.54. The number of hydrogen-bond donors (Lipinski definition) is 2. The summed E-state index contributed by atoms with van der Waals surface area (Å²) < 4.78 is 15.9. The highest BCUT2D eigenvalue weighted by Gasteiger charge is 2.26. The van der Waals surface area contributed by atoms with Crippen LogP contribution in [0.25, 0.3) is 11.0 Å². The number of urea groups is 1. The zero-order valence-corrected chi connectivity index (χ0v) is 16.6. The van der Waals surface area contributed by atoms with E-state index >= 15 is 0 Å². The predicted molar refractivity (Wildman–Crippen MR) is 109 cm³/mol. The highest BCUT2D eigenvalue weighted by Crippen LogP contribution is 2.27. The summed E-state index contributed by atoms with van der Waals surface area (Å²) in [5.41, 5.74) is 1.93. The van der Waals surface area contributed by atoms with Crippen LogP contribution in [0.15, 0.2) is 59.0 Å². The van der Waals surface area contributed by atoms with Gasteiger partial charge in [-0.3, -0.25) is 10.1 Å². The van der Waals surface area contributed by atoms with Gasteiger partial charge in [0.05, 0.1) is 6.61 Å². The molecule has 0 aliphatic carbocycles. The van der Waals surface area contributed by atoms with Gasteiger partial charge < -0.3 is 19.2 Å². The van der Waals surface area contributed by atoms with E-state index < -0.39 is 24.0 Å². The minimum atomic E-state index is -1.21. The summed E-state index contributed by atoms with van der Waals surface area (Å²) in [7, 11) is 1.50. The van der Waals surface area contributed by atoms with Crippen LogP contribution in [0.2, 0.25) is 0 Å². The van der Waals surface area contributed by atoms with E-state index in [1.54, 1.807) is 18.2 Å². The Balaban J connectivity index is 1.59. The van der Waals surface area contributed by atoms with E-state index in [4.69, 9.17) is 13.9 Å². The smallest absolute Gasteiger partial charge is 0.375 e. The Bertz CT molecular complexity index is 1040. The first-order valence-electron chi connectivity index (χ1n) is 9.32. The molecule has 0 unspecified atom stereocenters. The quantitative estimate of drug-likeness (QED) is 0.580. The van der Waals surface area contributed by atoms with Crippen molar-refractivity contribution in [2.24, 2.45) is 0 Å². The molecular weight excluding hydrogens is 388 g/mol. The number of fused-ring (bicyclic) bond motifs is 1. The fraction of sp³-hybridized carbons (Fsp3) is 0.227. The maximum atomic E-state index is 12.6. The van der Waals surface area contributed by atoms with Gasteiger partial charge in [-0.2, -0.15) is 0 Å². The van der Waals surface area contributed by atoms with Crippen molar-refractivity contribution in [3.63, 3.8) is 0 Å². The van der Waals surface area contributed by atoms with E-state index in [-0.39, 0.29) is 18.9 Å². The van der Waals surface area contributed by atoms with Crippen molar-refractivity contribution in [3.8, 4) is 0 Å². The number of nitrogens with one attached hydrogen (secondary N) is 2. The van der Waals surface area contributed by atoms with Crippen LogP contribution in [-0.4, -0.2) is 31.1 Å². The molecule has 0 aliphatic rings. The predicted octanol–water partition coefficient (Wildman–Crippen LogP) is 3.15. The first kappa shape index (κ1) is 21.1. The molecule has 0 spiro atoms. The zero-order chi connectivity index (χ0) is 21.5. The average Bonchev–Trinajstić information content (AvgIpc) is 3.12. The molecule has 2 N–H and O–H groups in total. The summed E-state index contributed by atoms with van der Waals surface area (Å²) in [6, 6.07) is 15.7. The largest absolute Gasteiger partial charge is 0.449 e. The van der Waals surface area contributed by atoms with Crippen molar-refractivity contribution in [1.29, 1.82) is 0 Å². The number of carbonyl (C=O) groups is 3. The van der Waals surface area contributed by atoms with Gasteiger partial charge in [0.15, 0.2) is 6.10 Å². The van der Waals surface area contributed by atoms with Crippen LogP contribution < -0.4 is 10.6 Å². The normalized spacial score (nSPS) is 11.7. The van der Waals surface area contributed by atoms with E-state index in [9.17, 15) is 14.4 Å². The highest BCUT2D eigenvalue weighted by atomic mass is 16.6. The molecule has 3 aromatic rings. The van der Waals surface area contributed by atoms with Crippen molar-refractivity contribution in [2.45, 2.75) is 26.2 Å². The zero-order valence-electron chi connectivity index (χ0n) is 16.6. The van der Waals surface area contributed by atoms with Crippen LogP contribution >= 0.6 is 0 Å². The number of furan rings is 1. The van der Waals surface area contributed by atoms with Gasteiger partial charge in [0, 0.05) is 24.6 Å². The summed E-state index contributed by atoms with van der Waals surface area (Å²) in [5.74, 6) is -1.60. The van der Waals surface area contributed by atoms with Crippen LogP contribution in [0.1, 0.15) is 28.6 Å². The third-order valence-electron chi connectivity index (χ3n) is 4.36. The van der Waals surface area contributed by atoms with Gasteiger partial charge in [-0.15, -0.1) is 0 Å². The first-order chi connectivity index (χ1) is 14.5. The molecule has 0 bridgehead atoms. The molecule has 3 rings (SSSR count). The van der Waals surface area contributed by atoms with Gasteiger partial charge in [0.25, 0.3) is 5.91 Å². The third kappa shape index (κ3) is 5.03. The molecular formula is C22H22N2O6. The maximum absolute atomic E-state index is 12.6. The molecule has 0 saturated carbocycles. The Kier molecular flexibility index (Phi) is 6.82. The number of imide groups is 1. The maximum Gasteiger partial charge on any atom is 0.375 e. The van der Waals surface area contributed by atoms with Crippen LogP contribution in [0.3, 0.4) is 0 Å². The minimum Gasteiger partial charge on any atom is -0.449 e. The Morgan fingerprint density at radius 2 is 1.73 bits per heavy atom. The number of esters is 1. The molecule has 1 atom stereocenters. The first-order valence-corrected chi connectivity index (χ1v) is 9.32. The molecule has 0 radical (unpaired) electrons. The summed E-state index contributed by atoms with van der Waals surface area (Å²) in [6.45, 7) is 1.77. The third-order valence-corrected chi connectivity index (χ3v) is 4.36. The Hall–Kier alpha value is -3.65. The molecule has 8 heteroatoms. The number of amides is 3. The monoisotopic (exact) mass is 410 g/mol. The number of rotatable bonds is 7. The van der Waals surface area contributed by atoms with E-state index in [1.807, 2.05) is 36.4 Å². The molecule has 0 saturated heterocycles. The van der Waals surface area contributed by atoms with Crippen molar-refractivity contribution in [3.05, 3.63) is 71.5 Å². The van der Waals surface area contributed by atoms with Gasteiger partial charge in [-0.25, -0.2) is 9.59 Å². The number of ether oxygens (including phenoxy) is 2. The number of methoxy groups -OCH3 is 1. The van der Waals surface area contributed by atoms with E-state index in [0.717, 1.165) is 10.9 Å². The SMILES string of the molecule is COCc1c(C(=O)O[C@@H](C)C(=O)NC(=O)NCc2ccccc2)oc2ccccc12. The fourth-order valence-corrected chi connectivity index (χ4v) is 2.85. The van der Waals surface area contributed by atoms with Crippen molar-refractivity contribution in [1.82, 2.24) is 10.6 Å². The van der Waals surface area contributed by atoms with E-state index in [0.29, 0.717) is 11.1 Å². The van der Waals surface area contributed by atoms with Crippen LogP contribution in [-0.2, 0) is 27.4 Å². The van der Waals surface area contributed by atoms with Crippen LogP contribution in [0, 0.1) is 0 Å². The standard InChI is InChI=1S/C22H22N2O6/c1-14(20(25)24-22(27)23-12-15-8-4-3-5-9-15)29-21(26)19-17(13-28-2)16-10-6-7-11-18(16)30-19/h3-11,14H,12-13H2,1-2H3,(H2,23,24,25,27)/t14-/m0/s1. The number of carbonyl (C=O) groups excluding carboxylic acids is 3. The molecule has 3 amide bonds. The fourth-order valence-electron chi connectivity index (χ4n) is 2.85. The van der Waals surface area contributed by atoms with Gasteiger partial charge >= 0.3 is 12.0 Å². The Morgan fingerprint density at radius 1 is 1.03 bits per heavy atom. The van der Waals surface area contributed by atoms with Gasteiger partial charge in [0.1, 0.15) is 5.58 Å². The molecule has 156 valence electrons. The Morgan fingerprint density at radius 3 is 2.47 bits per heavy atom. The second kappa shape index (κ2) is 9.71. The average molecular weight is 410 g/mol. The molecule has 2 aromatic carbocycles. The van der Waals surface area contributed by atoms with Crippen LogP contribution in [0.5, 0.6) is 0 Å². The number of hydrogen-bond acceptors (Lipinski definition) is 6. The van der Waals surface area contributed by atoms with Gasteiger partial charge in [-0.05, 0) is 18.6 Å². The summed E-state index contributed by atoms with van der Waals surface area (Å²) in [5, 5.41) is 5.44. The number of para-hydroxylation sites is 1. The molecule has 1 aromatic heterocycles. The molecule has 1 heterocycles. The summed E-state index contributed by atoms with van der Waals surface area (Å²) in [4.78, 5) is 36.7. The minimum absolute atomic E-state index is 0.0359. The summed E-state index contributed by atoms with van der Waals surface area (Å²) >= 11 is 0. The lowest BCUT2D eigenvalue weighted by atomic mass is 10.1. The lowest BCUT2D eigenvalue weighted by molar-refractivity contribution is -0.128. The lowest BCUT2D eigenvalue weighted by Gasteiger charge is -2.13. The highest BCUT2D eigenvalue weighted by molar-refractivity contribution is 6.00. The molecule has 0 aliphatic heterocycles.